The van der Waals surface area contributed by atoms with E-state index in [0.29, 0.717) is 0 Å². The summed E-state index contributed by atoms with van der Waals surface area (Å²) in [6.07, 6.45) is 0. The molecule has 1 heterocycles. The first-order valence-corrected chi connectivity index (χ1v) is 10.7. The van der Waals surface area contributed by atoms with Crippen molar-refractivity contribution in [2.75, 3.05) is 67.7 Å². The minimum Gasteiger partial charge on any atom is -0.497 e. The van der Waals surface area contributed by atoms with Crippen LogP contribution in [0.1, 0.15) is 11.1 Å². The van der Waals surface area contributed by atoms with Crippen LogP contribution in [-0.4, -0.2) is 77.5 Å². The summed E-state index contributed by atoms with van der Waals surface area (Å²) in [5, 5.41) is 3.53. The molecule has 1 aliphatic rings. The molecule has 7 nitrogen and oxygen atoms in total. The van der Waals surface area contributed by atoms with Crippen LogP contribution in [0.15, 0.2) is 36.4 Å². The van der Waals surface area contributed by atoms with E-state index in [-0.39, 0.29) is 0 Å². The lowest BCUT2D eigenvalue weighted by molar-refractivity contribution is 0.127. The molecule has 0 spiro atoms. The van der Waals surface area contributed by atoms with Gasteiger partial charge in [-0.25, -0.2) is 0 Å². The zero-order valence-electron chi connectivity index (χ0n) is 19.1. The Morgan fingerprint density at radius 1 is 0.710 bits per heavy atom. The summed E-state index contributed by atoms with van der Waals surface area (Å²) < 4.78 is 21.6. The van der Waals surface area contributed by atoms with E-state index in [1.54, 1.807) is 28.4 Å². The predicted molar refractivity (Wildman–Crippen MR) is 123 cm³/mol. The van der Waals surface area contributed by atoms with Crippen LogP contribution in [0.5, 0.6) is 23.0 Å². The summed E-state index contributed by atoms with van der Waals surface area (Å²) in [6, 6.07) is 12.0. The van der Waals surface area contributed by atoms with Crippen molar-refractivity contribution in [1.82, 2.24) is 15.1 Å². The molecule has 0 unspecified atom stereocenters. The fourth-order valence-electron chi connectivity index (χ4n) is 3.85. The Morgan fingerprint density at radius 3 is 1.84 bits per heavy atom. The van der Waals surface area contributed by atoms with E-state index in [4.69, 9.17) is 18.9 Å². The maximum atomic E-state index is 5.54. The number of nitrogens with one attached hydrogen (secondary N) is 1. The van der Waals surface area contributed by atoms with E-state index in [0.717, 1.165) is 80.9 Å². The Morgan fingerprint density at radius 2 is 1.26 bits per heavy atom. The third-order valence-electron chi connectivity index (χ3n) is 5.77. The molecule has 0 bridgehead atoms. The smallest absolute Gasteiger partial charge is 0.127 e. The highest BCUT2D eigenvalue weighted by molar-refractivity contribution is 5.41. The minimum atomic E-state index is 0.782. The van der Waals surface area contributed by atoms with E-state index in [9.17, 15) is 0 Å². The van der Waals surface area contributed by atoms with Gasteiger partial charge in [0, 0.05) is 75.6 Å². The lowest BCUT2D eigenvalue weighted by Gasteiger charge is -2.35. The Bertz CT molecular complexity index is 820. The first-order chi connectivity index (χ1) is 15.2. The second-order valence-corrected chi connectivity index (χ2v) is 7.65. The molecule has 0 aromatic heterocycles. The second-order valence-electron chi connectivity index (χ2n) is 7.65. The Hall–Kier alpha value is -2.48. The molecule has 0 saturated carbocycles. The molecule has 170 valence electrons. The normalized spacial score (nSPS) is 15.0. The van der Waals surface area contributed by atoms with Gasteiger partial charge in [-0.2, -0.15) is 0 Å². The summed E-state index contributed by atoms with van der Waals surface area (Å²) in [7, 11) is 6.75. The van der Waals surface area contributed by atoms with Gasteiger partial charge in [-0.15, -0.1) is 0 Å². The number of nitrogens with zero attached hydrogens (tertiary/aromatic N) is 2. The summed E-state index contributed by atoms with van der Waals surface area (Å²) >= 11 is 0. The molecule has 1 N–H and O–H groups in total. The highest BCUT2D eigenvalue weighted by Gasteiger charge is 2.18. The molecule has 0 amide bonds. The van der Waals surface area contributed by atoms with Crippen LogP contribution in [-0.2, 0) is 13.1 Å². The number of piperazine rings is 1. The first kappa shape index (κ1) is 23.2. The van der Waals surface area contributed by atoms with E-state index >= 15 is 0 Å². The van der Waals surface area contributed by atoms with Gasteiger partial charge in [0.05, 0.1) is 28.4 Å². The minimum absolute atomic E-state index is 0.782. The van der Waals surface area contributed by atoms with Crippen LogP contribution >= 0.6 is 0 Å². The van der Waals surface area contributed by atoms with Crippen molar-refractivity contribution in [2.24, 2.45) is 0 Å². The van der Waals surface area contributed by atoms with Gasteiger partial charge < -0.3 is 24.3 Å². The summed E-state index contributed by atoms with van der Waals surface area (Å²) in [5.74, 6) is 3.38. The highest BCUT2D eigenvalue weighted by Crippen LogP contribution is 2.26. The van der Waals surface area contributed by atoms with Crippen LogP contribution in [0.4, 0.5) is 0 Å². The van der Waals surface area contributed by atoms with E-state index < -0.39 is 0 Å². The van der Waals surface area contributed by atoms with Crippen LogP contribution < -0.4 is 24.3 Å². The Balaban J connectivity index is 1.39. The molecule has 1 fully saturated rings. The SMILES string of the molecule is COc1ccc(CNCCN2CCN(Cc3ccc(OC)cc3OC)CC2)c(OC)c1. The van der Waals surface area contributed by atoms with Gasteiger partial charge in [0.15, 0.2) is 0 Å². The van der Waals surface area contributed by atoms with Gasteiger partial charge in [-0.1, -0.05) is 12.1 Å². The number of methoxy groups -OCH3 is 4. The van der Waals surface area contributed by atoms with Crippen LogP contribution in [0.3, 0.4) is 0 Å². The van der Waals surface area contributed by atoms with Crippen molar-refractivity contribution < 1.29 is 18.9 Å². The van der Waals surface area contributed by atoms with E-state index in [1.165, 1.54) is 5.56 Å². The summed E-state index contributed by atoms with van der Waals surface area (Å²) in [4.78, 5) is 5.00. The molecule has 0 radical (unpaired) electrons. The number of hydrogen-bond donors (Lipinski definition) is 1. The predicted octanol–water partition coefficient (Wildman–Crippen LogP) is 2.63. The maximum absolute atomic E-state index is 5.54. The van der Waals surface area contributed by atoms with Crippen molar-refractivity contribution in [1.29, 1.82) is 0 Å². The number of ether oxygens (including phenoxy) is 4. The molecule has 1 saturated heterocycles. The highest BCUT2D eigenvalue weighted by atomic mass is 16.5. The number of hydrogen-bond acceptors (Lipinski definition) is 7. The van der Waals surface area contributed by atoms with Crippen molar-refractivity contribution in [3.8, 4) is 23.0 Å². The van der Waals surface area contributed by atoms with Crippen molar-refractivity contribution in [3.05, 3.63) is 47.5 Å². The third-order valence-corrected chi connectivity index (χ3v) is 5.77. The molecule has 2 aromatic carbocycles. The topological polar surface area (TPSA) is 55.4 Å². The zero-order chi connectivity index (χ0) is 22.1. The summed E-state index contributed by atoms with van der Waals surface area (Å²) in [6.45, 7) is 7.93. The van der Waals surface area contributed by atoms with Crippen molar-refractivity contribution in [3.63, 3.8) is 0 Å². The standard InChI is InChI=1S/C24H35N3O4/c1-28-21-7-5-19(23(15-21)30-3)17-25-9-10-26-11-13-27(14-12-26)18-20-6-8-22(29-2)16-24(20)31-4/h5-8,15-16,25H,9-14,17-18H2,1-4H3. The Labute approximate surface area is 185 Å². The van der Waals surface area contributed by atoms with E-state index in [2.05, 4.69) is 27.2 Å². The fourth-order valence-corrected chi connectivity index (χ4v) is 3.85. The van der Waals surface area contributed by atoms with Gasteiger partial charge in [-0.05, 0) is 12.1 Å². The largest absolute Gasteiger partial charge is 0.497 e. The van der Waals surface area contributed by atoms with E-state index in [1.807, 2.05) is 24.3 Å². The van der Waals surface area contributed by atoms with Crippen LogP contribution in [0, 0.1) is 0 Å². The lowest BCUT2D eigenvalue weighted by Crippen LogP contribution is -2.47. The molecule has 3 rings (SSSR count). The molecular weight excluding hydrogens is 394 g/mol. The lowest BCUT2D eigenvalue weighted by atomic mass is 10.1. The summed E-state index contributed by atoms with van der Waals surface area (Å²) in [5.41, 5.74) is 2.34. The number of benzene rings is 2. The third kappa shape index (κ3) is 6.50. The molecule has 7 heteroatoms. The molecule has 0 atom stereocenters. The molecule has 2 aromatic rings. The van der Waals surface area contributed by atoms with Gasteiger partial charge in [0.1, 0.15) is 23.0 Å². The average molecular weight is 430 g/mol. The first-order valence-electron chi connectivity index (χ1n) is 10.7. The fraction of sp³-hybridized carbons (Fsp3) is 0.500. The van der Waals surface area contributed by atoms with Crippen LogP contribution in [0.2, 0.25) is 0 Å². The quantitative estimate of drug-likeness (QED) is 0.551. The molecule has 31 heavy (non-hydrogen) atoms. The molecular formula is C24H35N3O4. The monoisotopic (exact) mass is 429 g/mol. The number of rotatable bonds is 11. The average Bonchev–Trinajstić information content (AvgIpc) is 2.83. The molecule has 0 aliphatic carbocycles. The van der Waals surface area contributed by atoms with Crippen molar-refractivity contribution >= 4 is 0 Å². The van der Waals surface area contributed by atoms with Gasteiger partial charge >= 0.3 is 0 Å². The van der Waals surface area contributed by atoms with Crippen molar-refractivity contribution in [2.45, 2.75) is 13.1 Å². The maximum Gasteiger partial charge on any atom is 0.127 e. The second kappa shape index (κ2) is 11.8. The Kier molecular flexibility index (Phi) is 8.82. The van der Waals surface area contributed by atoms with Gasteiger partial charge in [0.25, 0.3) is 0 Å². The zero-order valence-corrected chi connectivity index (χ0v) is 19.1. The molecule has 1 aliphatic heterocycles. The van der Waals surface area contributed by atoms with Gasteiger partial charge in [-0.3, -0.25) is 9.80 Å². The van der Waals surface area contributed by atoms with Gasteiger partial charge in [0.2, 0.25) is 0 Å². The van der Waals surface area contributed by atoms with Crippen LogP contribution in [0.25, 0.3) is 0 Å².